The third-order valence-electron chi connectivity index (χ3n) is 8.14. The average molecular weight is 516 g/mol. The molecule has 0 radical (unpaired) electrons. The van der Waals surface area contributed by atoms with Crippen LogP contribution in [0.3, 0.4) is 0 Å². The van der Waals surface area contributed by atoms with Gasteiger partial charge in [0.15, 0.2) is 5.76 Å². The molecule has 1 spiro atoms. The maximum Gasteiger partial charge on any atom is 0.412 e. The molecule has 1 aromatic heterocycles. The predicted molar refractivity (Wildman–Crippen MR) is 142 cm³/mol. The molecular formula is C30H33N3O5. The van der Waals surface area contributed by atoms with E-state index in [1.54, 1.807) is 0 Å². The molecule has 198 valence electrons. The van der Waals surface area contributed by atoms with Crippen molar-refractivity contribution in [2.24, 2.45) is 11.3 Å². The first-order valence-electron chi connectivity index (χ1n) is 13.4. The highest BCUT2D eigenvalue weighted by Crippen LogP contribution is 2.58. The lowest BCUT2D eigenvalue weighted by Crippen LogP contribution is -2.61. The minimum absolute atomic E-state index is 0.0908. The molecule has 1 amide bonds. The van der Waals surface area contributed by atoms with Gasteiger partial charge in [-0.3, -0.25) is 10.1 Å². The van der Waals surface area contributed by atoms with Gasteiger partial charge in [-0.1, -0.05) is 29.4 Å². The number of amides is 1. The molecule has 2 saturated carbocycles. The first kappa shape index (κ1) is 24.5. The molecule has 2 aliphatic carbocycles. The summed E-state index contributed by atoms with van der Waals surface area (Å²) in [6, 6.07) is 15.7. The fourth-order valence-electron chi connectivity index (χ4n) is 5.84. The van der Waals surface area contributed by atoms with E-state index in [9.17, 15) is 9.59 Å². The lowest BCUT2D eigenvalue weighted by molar-refractivity contribution is -0.135. The molecule has 6 rings (SSSR count). The number of carbonyl (C=O) groups is 2. The van der Waals surface area contributed by atoms with E-state index in [0.29, 0.717) is 17.1 Å². The van der Waals surface area contributed by atoms with Gasteiger partial charge in [0, 0.05) is 30.1 Å². The highest BCUT2D eigenvalue weighted by Gasteiger charge is 2.54. The van der Waals surface area contributed by atoms with E-state index in [4.69, 9.17) is 14.0 Å². The third-order valence-corrected chi connectivity index (χ3v) is 8.14. The predicted octanol–water partition coefficient (Wildman–Crippen LogP) is 6.30. The third kappa shape index (κ3) is 4.75. The summed E-state index contributed by atoms with van der Waals surface area (Å²) < 4.78 is 16.8. The Labute approximate surface area is 222 Å². The molecular weight excluding hydrogens is 482 g/mol. The number of nitrogens with one attached hydrogen (secondary N) is 1. The minimum Gasteiger partial charge on any atom is -0.441 e. The molecule has 3 aromatic rings. The van der Waals surface area contributed by atoms with Crippen LogP contribution in [0.2, 0.25) is 0 Å². The van der Waals surface area contributed by atoms with Crippen LogP contribution in [0.5, 0.6) is 5.75 Å². The van der Waals surface area contributed by atoms with Crippen molar-refractivity contribution in [1.82, 2.24) is 5.16 Å². The van der Waals surface area contributed by atoms with Crippen LogP contribution in [0, 0.1) is 25.2 Å². The van der Waals surface area contributed by atoms with Crippen molar-refractivity contribution in [2.45, 2.75) is 58.5 Å². The average Bonchev–Trinajstić information content (AvgIpc) is 3.64. The summed E-state index contributed by atoms with van der Waals surface area (Å²) in [5, 5.41) is 7.02. The summed E-state index contributed by atoms with van der Waals surface area (Å²) in [5.74, 6) is 1.53. The SMILES string of the molecule is Cc1ccccc1[C@@H](C)OC(=O)Nc1c(C)noc1C1CC2(C1)CN(c1ccc(OC(=O)C3CC3)cc1)C2. The number of aromatic nitrogens is 1. The number of benzene rings is 2. The van der Waals surface area contributed by atoms with Crippen LogP contribution >= 0.6 is 0 Å². The van der Waals surface area contributed by atoms with Crippen molar-refractivity contribution in [3.63, 3.8) is 0 Å². The molecule has 2 aromatic carbocycles. The van der Waals surface area contributed by atoms with Gasteiger partial charge in [-0.2, -0.15) is 0 Å². The Morgan fingerprint density at radius 3 is 2.47 bits per heavy atom. The number of hydrogen-bond acceptors (Lipinski definition) is 7. The zero-order valence-corrected chi connectivity index (χ0v) is 22.0. The standard InChI is InChI=1S/C30H33N3O5/c1-18-6-4-5-7-25(18)20(3)36-29(35)31-26-19(2)32-38-27(26)22-14-30(15-22)16-33(17-30)23-10-12-24(13-11-23)37-28(34)21-8-9-21/h4-7,10-13,20-22H,8-9,14-17H2,1-3H3,(H,31,35)/t20-/m1/s1. The second kappa shape index (κ2) is 9.49. The van der Waals surface area contributed by atoms with Gasteiger partial charge in [0.2, 0.25) is 0 Å². The summed E-state index contributed by atoms with van der Waals surface area (Å²) in [6.07, 6.45) is 2.97. The molecule has 8 nitrogen and oxygen atoms in total. The van der Waals surface area contributed by atoms with Crippen molar-refractivity contribution in [2.75, 3.05) is 23.3 Å². The zero-order chi connectivity index (χ0) is 26.4. The maximum atomic E-state index is 12.7. The normalized spacial score (nSPS) is 18.9. The molecule has 8 heteroatoms. The van der Waals surface area contributed by atoms with E-state index in [1.807, 2.05) is 69.3 Å². The van der Waals surface area contributed by atoms with E-state index in [2.05, 4.69) is 15.4 Å². The quantitative estimate of drug-likeness (QED) is 0.291. The summed E-state index contributed by atoms with van der Waals surface area (Å²) in [5.41, 5.74) is 4.72. The van der Waals surface area contributed by atoms with Crippen LogP contribution in [-0.4, -0.2) is 30.3 Å². The maximum absolute atomic E-state index is 12.7. The van der Waals surface area contributed by atoms with E-state index in [-0.39, 0.29) is 29.3 Å². The number of nitrogens with zero attached hydrogens (tertiary/aromatic N) is 2. The number of ether oxygens (including phenoxy) is 2. The summed E-state index contributed by atoms with van der Waals surface area (Å²) in [4.78, 5) is 26.9. The Morgan fingerprint density at radius 2 is 1.79 bits per heavy atom. The van der Waals surface area contributed by atoms with Crippen molar-refractivity contribution in [3.8, 4) is 5.75 Å². The van der Waals surface area contributed by atoms with Crippen LogP contribution in [0.25, 0.3) is 0 Å². The minimum atomic E-state index is -0.511. The molecule has 1 saturated heterocycles. The number of esters is 1. The van der Waals surface area contributed by atoms with Gasteiger partial charge in [-0.25, -0.2) is 4.79 Å². The van der Waals surface area contributed by atoms with Crippen molar-refractivity contribution < 1.29 is 23.6 Å². The smallest absolute Gasteiger partial charge is 0.412 e. The Hall–Kier alpha value is -3.81. The van der Waals surface area contributed by atoms with Gasteiger partial charge in [0.05, 0.1) is 5.92 Å². The largest absolute Gasteiger partial charge is 0.441 e. The van der Waals surface area contributed by atoms with Crippen molar-refractivity contribution in [1.29, 1.82) is 0 Å². The van der Waals surface area contributed by atoms with Gasteiger partial charge >= 0.3 is 12.1 Å². The molecule has 3 aliphatic rings. The van der Waals surface area contributed by atoms with E-state index < -0.39 is 6.09 Å². The van der Waals surface area contributed by atoms with E-state index in [1.165, 1.54) is 0 Å². The molecule has 1 N–H and O–H groups in total. The Morgan fingerprint density at radius 1 is 1.08 bits per heavy atom. The van der Waals surface area contributed by atoms with Gasteiger partial charge < -0.3 is 18.9 Å². The molecule has 0 unspecified atom stereocenters. The molecule has 0 bridgehead atoms. The molecule has 2 heterocycles. The fourth-order valence-corrected chi connectivity index (χ4v) is 5.84. The van der Waals surface area contributed by atoms with Gasteiger partial charge in [0.25, 0.3) is 0 Å². The first-order chi connectivity index (χ1) is 18.3. The van der Waals surface area contributed by atoms with Crippen LogP contribution in [0.1, 0.15) is 67.2 Å². The van der Waals surface area contributed by atoms with Crippen molar-refractivity contribution >= 4 is 23.4 Å². The number of carbonyl (C=O) groups excluding carboxylic acids is 2. The van der Waals surface area contributed by atoms with Crippen molar-refractivity contribution in [3.05, 3.63) is 71.1 Å². The Kier molecular flexibility index (Phi) is 6.13. The molecule has 38 heavy (non-hydrogen) atoms. The van der Waals surface area contributed by atoms with Gasteiger partial charge in [0.1, 0.15) is 23.2 Å². The van der Waals surface area contributed by atoms with Crippen LogP contribution in [-0.2, 0) is 9.53 Å². The first-order valence-corrected chi connectivity index (χ1v) is 13.4. The Bertz CT molecular complexity index is 1350. The second-order valence-corrected chi connectivity index (χ2v) is 11.2. The monoisotopic (exact) mass is 515 g/mol. The van der Waals surface area contributed by atoms with Gasteiger partial charge in [-0.05, 0) is 81.8 Å². The number of rotatable bonds is 7. The molecule has 3 fully saturated rings. The molecule has 1 atom stereocenters. The van der Waals surface area contributed by atoms with E-state index in [0.717, 1.165) is 61.3 Å². The van der Waals surface area contributed by atoms with Crippen LogP contribution in [0.4, 0.5) is 16.2 Å². The summed E-state index contributed by atoms with van der Waals surface area (Å²) in [7, 11) is 0. The summed E-state index contributed by atoms with van der Waals surface area (Å²) >= 11 is 0. The number of hydrogen-bond donors (Lipinski definition) is 1. The van der Waals surface area contributed by atoms with Crippen LogP contribution < -0.4 is 15.0 Å². The summed E-state index contributed by atoms with van der Waals surface area (Å²) in [6.45, 7) is 7.65. The number of anilines is 2. The van der Waals surface area contributed by atoms with Crippen LogP contribution in [0.15, 0.2) is 53.1 Å². The zero-order valence-electron chi connectivity index (χ0n) is 22.0. The lowest BCUT2D eigenvalue weighted by Gasteiger charge is -2.59. The van der Waals surface area contributed by atoms with Gasteiger partial charge in [-0.15, -0.1) is 0 Å². The second-order valence-electron chi connectivity index (χ2n) is 11.2. The lowest BCUT2D eigenvalue weighted by atomic mass is 9.57. The highest BCUT2D eigenvalue weighted by molar-refractivity contribution is 5.86. The topological polar surface area (TPSA) is 93.9 Å². The molecule has 1 aliphatic heterocycles. The number of aryl methyl sites for hydroxylation is 2. The highest BCUT2D eigenvalue weighted by atomic mass is 16.6. The van der Waals surface area contributed by atoms with E-state index >= 15 is 0 Å². The Balaban J connectivity index is 1.02. The fraction of sp³-hybridized carbons (Fsp3) is 0.433.